The molecule has 1 heterocycles. The van der Waals surface area contributed by atoms with Crippen LogP contribution in [0.5, 0.6) is 5.75 Å². The van der Waals surface area contributed by atoms with Crippen molar-refractivity contribution in [2.45, 2.75) is 30.0 Å². The lowest BCUT2D eigenvalue weighted by Crippen LogP contribution is -2.36. The first kappa shape index (κ1) is 21.6. The highest BCUT2D eigenvalue weighted by Gasteiger charge is 2.32. The maximum absolute atomic E-state index is 12.9. The monoisotopic (exact) mass is 428 g/mol. The van der Waals surface area contributed by atoms with Gasteiger partial charge in [0.1, 0.15) is 5.75 Å². The van der Waals surface area contributed by atoms with Gasteiger partial charge < -0.3 is 4.74 Å². The number of likely N-dealkylation sites (tertiary alicyclic amines) is 1. The highest BCUT2D eigenvalue weighted by molar-refractivity contribution is 7.89. The van der Waals surface area contributed by atoms with Crippen molar-refractivity contribution in [1.29, 1.82) is 0 Å². The summed E-state index contributed by atoms with van der Waals surface area (Å²) in [5, 5.41) is 0. The van der Waals surface area contributed by atoms with E-state index in [1.54, 1.807) is 13.2 Å². The third-order valence-electron chi connectivity index (χ3n) is 5.00. The SMILES string of the molecule is COc1cccc(C(CNS(=O)(=O)c2cccc(C(F)(F)F)c2)N2CCCC2)c1. The molecule has 2 aromatic rings. The van der Waals surface area contributed by atoms with Crippen LogP contribution in [0.4, 0.5) is 13.2 Å². The van der Waals surface area contributed by atoms with Gasteiger partial charge in [-0.1, -0.05) is 18.2 Å². The number of benzene rings is 2. The van der Waals surface area contributed by atoms with E-state index in [2.05, 4.69) is 9.62 Å². The van der Waals surface area contributed by atoms with Crippen LogP contribution in [0.1, 0.15) is 30.0 Å². The lowest BCUT2D eigenvalue weighted by atomic mass is 10.1. The number of ether oxygens (including phenoxy) is 1. The molecule has 0 amide bonds. The molecule has 1 aliphatic heterocycles. The highest BCUT2D eigenvalue weighted by Crippen LogP contribution is 2.31. The number of hydrogen-bond donors (Lipinski definition) is 1. The lowest BCUT2D eigenvalue weighted by molar-refractivity contribution is -0.137. The fourth-order valence-electron chi connectivity index (χ4n) is 3.47. The molecule has 1 atom stereocenters. The van der Waals surface area contributed by atoms with Gasteiger partial charge in [0.25, 0.3) is 0 Å². The van der Waals surface area contributed by atoms with E-state index < -0.39 is 26.7 Å². The molecular formula is C20H23F3N2O3S. The largest absolute Gasteiger partial charge is 0.497 e. The Balaban J connectivity index is 1.83. The molecular weight excluding hydrogens is 405 g/mol. The van der Waals surface area contributed by atoms with Crippen molar-refractivity contribution < 1.29 is 26.3 Å². The number of nitrogens with zero attached hydrogens (tertiary/aromatic N) is 1. The van der Waals surface area contributed by atoms with Crippen molar-refractivity contribution in [3.8, 4) is 5.75 Å². The van der Waals surface area contributed by atoms with Crippen LogP contribution >= 0.6 is 0 Å². The minimum Gasteiger partial charge on any atom is -0.497 e. The minimum atomic E-state index is -4.61. The predicted octanol–water partition coefficient (Wildman–Crippen LogP) is 3.83. The van der Waals surface area contributed by atoms with Crippen molar-refractivity contribution >= 4 is 10.0 Å². The molecule has 0 aromatic heterocycles. The van der Waals surface area contributed by atoms with E-state index in [0.29, 0.717) is 11.8 Å². The third-order valence-corrected chi connectivity index (χ3v) is 6.42. The summed E-state index contributed by atoms with van der Waals surface area (Å²) in [6.07, 6.45) is -2.58. The first-order valence-electron chi connectivity index (χ1n) is 9.25. The van der Waals surface area contributed by atoms with Crippen LogP contribution in [0.25, 0.3) is 0 Å². The van der Waals surface area contributed by atoms with Crippen molar-refractivity contribution in [2.75, 3.05) is 26.7 Å². The van der Waals surface area contributed by atoms with Crippen LogP contribution in [-0.4, -0.2) is 40.1 Å². The summed E-state index contributed by atoms with van der Waals surface area (Å²) in [4.78, 5) is 1.77. The summed E-state index contributed by atoms with van der Waals surface area (Å²) in [6, 6.07) is 10.9. The number of methoxy groups -OCH3 is 1. The van der Waals surface area contributed by atoms with Gasteiger partial charge in [0.2, 0.25) is 10.0 Å². The molecule has 1 saturated heterocycles. The van der Waals surface area contributed by atoms with Crippen molar-refractivity contribution in [1.82, 2.24) is 9.62 Å². The summed E-state index contributed by atoms with van der Waals surface area (Å²) in [5.74, 6) is 0.660. The molecule has 0 saturated carbocycles. The van der Waals surface area contributed by atoms with Gasteiger partial charge in [0.05, 0.1) is 17.6 Å². The number of rotatable bonds is 7. The van der Waals surface area contributed by atoms with E-state index in [-0.39, 0.29) is 12.6 Å². The predicted molar refractivity (Wildman–Crippen MR) is 103 cm³/mol. The van der Waals surface area contributed by atoms with Crippen molar-refractivity contribution in [3.63, 3.8) is 0 Å². The van der Waals surface area contributed by atoms with Gasteiger partial charge in [0, 0.05) is 12.6 Å². The summed E-state index contributed by atoms with van der Waals surface area (Å²) < 4.78 is 71.9. The molecule has 3 rings (SSSR count). The minimum absolute atomic E-state index is 0.0474. The van der Waals surface area contributed by atoms with E-state index in [1.807, 2.05) is 18.2 Å². The van der Waals surface area contributed by atoms with Crippen molar-refractivity contribution in [3.05, 3.63) is 59.7 Å². The van der Waals surface area contributed by atoms with Gasteiger partial charge >= 0.3 is 6.18 Å². The number of sulfonamides is 1. The van der Waals surface area contributed by atoms with Crippen LogP contribution in [0.15, 0.2) is 53.4 Å². The Morgan fingerprint density at radius 3 is 2.45 bits per heavy atom. The van der Waals surface area contributed by atoms with E-state index in [4.69, 9.17) is 4.74 Å². The zero-order valence-corrected chi connectivity index (χ0v) is 16.8. The topological polar surface area (TPSA) is 58.6 Å². The first-order chi connectivity index (χ1) is 13.7. The Morgan fingerprint density at radius 2 is 1.79 bits per heavy atom. The quantitative estimate of drug-likeness (QED) is 0.728. The van der Waals surface area contributed by atoms with Gasteiger partial charge in [0.15, 0.2) is 0 Å². The Bertz CT molecular complexity index is 942. The zero-order chi connectivity index (χ0) is 21.1. The van der Waals surface area contributed by atoms with E-state index in [9.17, 15) is 21.6 Å². The fourth-order valence-corrected chi connectivity index (χ4v) is 4.56. The Hall–Kier alpha value is -2.10. The molecule has 29 heavy (non-hydrogen) atoms. The Morgan fingerprint density at radius 1 is 1.10 bits per heavy atom. The molecule has 9 heteroatoms. The summed E-state index contributed by atoms with van der Waals surface area (Å²) >= 11 is 0. The molecule has 2 aromatic carbocycles. The average molecular weight is 428 g/mol. The molecule has 0 spiro atoms. The molecule has 0 bridgehead atoms. The second-order valence-corrected chi connectivity index (χ2v) is 8.68. The average Bonchev–Trinajstić information content (AvgIpc) is 3.22. The van der Waals surface area contributed by atoms with Gasteiger partial charge in [-0.05, 0) is 61.8 Å². The summed E-state index contributed by atoms with van der Waals surface area (Å²) in [5.41, 5.74) is -0.109. The molecule has 1 fully saturated rings. The number of halogens is 3. The fraction of sp³-hybridized carbons (Fsp3) is 0.400. The van der Waals surface area contributed by atoms with Crippen LogP contribution in [0, 0.1) is 0 Å². The second kappa shape index (κ2) is 8.73. The van der Waals surface area contributed by atoms with E-state index >= 15 is 0 Å². The molecule has 0 radical (unpaired) electrons. The maximum Gasteiger partial charge on any atom is 0.416 e. The highest BCUT2D eigenvalue weighted by atomic mass is 32.2. The standard InChI is InChI=1S/C20H23F3N2O3S/c1-28-17-8-4-6-15(12-17)19(25-10-2-3-11-25)14-24-29(26,27)18-9-5-7-16(13-18)20(21,22)23/h4-9,12-13,19,24H,2-3,10-11,14H2,1H3. The Labute approximate surface area is 168 Å². The number of nitrogens with one attached hydrogen (secondary N) is 1. The number of alkyl halides is 3. The van der Waals surface area contributed by atoms with Crippen LogP contribution in [-0.2, 0) is 16.2 Å². The molecule has 158 valence electrons. The van der Waals surface area contributed by atoms with Gasteiger partial charge in [-0.3, -0.25) is 4.90 Å². The second-order valence-electron chi connectivity index (χ2n) is 6.91. The summed E-state index contributed by atoms with van der Waals surface area (Å²) in [7, 11) is -2.54. The van der Waals surface area contributed by atoms with Gasteiger partial charge in [-0.2, -0.15) is 13.2 Å². The molecule has 1 N–H and O–H groups in total. The van der Waals surface area contributed by atoms with Crippen LogP contribution in [0.2, 0.25) is 0 Å². The third kappa shape index (κ3) is 5.29. The van der Waals surface area contributed by atoms with E-state index in [0.717, 1.165) is 49.7 Å². The van der Waals surface area contributed by atoms with Gasteiger partial charge in [-0.25, -0.2) is 13.1 Å². The first-order valence-corrected chi connectivity index (χ1v) is 10.7. The molecule has 1 unspecified atom stereocenters. The maximum atomic E-state index is 12.9. The van der Waals surface area contributed by atoms with Crippen LogP contribution in [0.3, 0.4) is 0 Å². The molecule has 5 nitrogen and oxygen atoms in total. The number of hydrogen-bond acceptors (Lipinski definition) is 4. The summed E-state index contributed by atoms with van der Waals surface area (Å²) in [6.45, 7) is 1.70. The lowest BCUT2D eigenvalue weighted by Gasteiger charge is -2.28. The molecule has 1 aliphatic rings. The molecule has 0 aliphatic carbocycles. The van der Waals surface area contributed by atoms with Crippen molar-refractivity contribution in [2.24, 2.45) is 0 Å². The van der Waals surface area contributed by atoms with Gasteiger partial charge in [-0.15, -0.1) is 0 Å². The normalized spacial score (nSPS) is 16.7. The zero-order valence-electron chi connectivity index (χ0n) is 15.9. The Kier molecular flexibility index (Phi) is 6.50. The van der Waals surface area contributed by atoms with E-state index in [1.165, 1.54) is 0 Å². The smallest absolute Gasteiger partial charge is 0.416 e. The van der Waals surface area contributed by atoms with Crippen LogP contribution < -0.4 is 9.46 Å².